The summed E-state index contributed by atoms with van der Waals surface area (Å²) in [5, 5.41) is 16.8. The highest BCUT2D eigenvalue weighted by Gasteiger charge is 2.24. The molecule has 0 amide bonds. The third-order valence-electron chi connectivity index (χ3n) is 3.21. The minimum Gasteiger partial charge on any atom is -0.396 e. The van der Waals surface area contributed by atoms with Crippen LogP contribution in [-0.2, 0) is 6.54 Å². The van der Waals surface area contributed by atoms with Crippen LogP contribution in [0.2, 0.25) is 0 Å². The maximum absolute atomic E-state index is 9.25. The second kappa shape index (κ2) is 4.55. The molecule has 2 atom stereocenters. The van der Waals surface area contributed by atoms with Gasteiger partial charge in [-0.2, -0.15) is 0 Å². The monoisotopic (exact) mass is 195 g/mol. The molecule has 2 unspecified atom stereocenters. The normalized spacial score (nSPS) is 27.8. The number of aliphatic hydroxyl groups is 1. The summed E-state index contributed by atoms with van der Waals surface area (Å²) in [6, 6.07) is 0. The lowest BCUT2D eigenvalue weighted by Crippen LogP contribution is -2.26. The number of aromatic nitrogens is 3. The topological polar surface area (TPSA) is 50.9 Å². The molecule has 78 valence electrons. The first kappa shape index (κ1) is 9.65. The molecule has 1 saturated carbocycles. The molecule has 1 aromatic rings. The average molecular weight is 195 g/mol. The molecule has 1 aliphatic carbocycles. The van der Waals surface area contributed by atoms with Crippen molar-refractivity contribution in [3.63, 3.8) is 0 Å². The quantitative estimate of drug-likeness (QED) is 0.785. The van der Waals surface area contributed by atoms with Gasteiger partial charge in [0.2, 0.25) is 0 Å². The molecule has 1 fully saturated rings. The Morgan fingerprint density at radius 1 is 1.14 bits per heavy atom. The van der Waals surface area contributed by atoms with E-state index in [-0.39, 0.29) is 0 Å². The Hall–Kier alpha value is -0.900. The molecule has 4 heteroatoms. The molecule has 2 rings (SSSR count). The molecule has 0 aliphatic heterocycles. The molecular weight excluding hydrogens is 178 g/mol. The van der Waals surface area contributed by atoms with Crippen LogP contribution in [0.3, 0.4) is 0 Å². The van der Waals surface area contributed by atoms with Gasteiger partial charge in [-0.25, -0.2) is 0 Å². The van der Waals surface area contributed by atoms with Crippen molar-refractivity contribution in [3.05, 3.63) is 12.7 Å². The van der Waals surface area contributed by atoms with Gasteiger partial charge in [0.25, 0.3) is 0 Å². The Morgan fingerprint density at radius 3 is 2.43 bits per heavy atom. The maximum atomic E-state index is 9.25. The van der Waals surface area contributed by atoms with E-state index in [4.69, 9.17) is 0 Å². The largest absolute Gasteiger partial charge is 0.396 e. The number of aliphatic hydroxyl groups excluding tert-OH is 1. The van der Waals surface area contributed by atoms with Crippen LogP contribution in [0.25, 0.3) is 0 Å². The van der Waals surface area contributed by atoms with Gasteiger partial charge < -0.3 is 9.67 Å². The zero-order valence-electron chi connectivity index (χ0n) is 8.34. The summed E-state index contributed by atoms with van der Waals surface area (Å²) in [4.78, 5) is 0. The molecule has 0 radical (unpaired) electrons. The predicted octanol–water partition coefficient (Wildman–Crippen LogP) is 1.08. The van der Waals surface area contributed by atoms with Crippen molar-refractivity contribution in [2.45, 2.75) is 32.2 Å². The molecule has 4 nitrogen and oxygen atoms in total. The van der Waals surface area contributed by atoms with E-state index in [0.717, 1.165) is 6.54 Å². The fraction of sp³-hybridized carbons (Fsp3) is 0.800. The summed E-state index contributed by atoms with van der Waals surface area (Å²) in [6.45, 7) is 1.28. The highest BCUT2D eigenvalue weighted by atomic mass is 16.3. The van der Waals surface area contributed by atoms with Crippen molar-refractivity contribution in [3.8, 4) is 0 Å². The lowest BCUT2D eigenvalue weighted by atomic mass is 9.79. The smallest absolute Gasteiger partial charge is 0.119 e. The van der Waals surface area contributed by atoms with E-state index in [9.17, 15) is 5.11 Å². The van der Waals surface area contributed by atoms with E-state index < -0.39 is 0 Å². The summed E-state index contributed by atoms with van der Waals surface area (Å²) in [6.07, 6.45) is 8.46. The Balaban J connectivity index is 1.94. The number of hydrogen-bond donors (Lipinski definition) is 1. The minimum absolute atomic E-state index is 0.326. The minimum atomic E-state index is 0.326. The zero-order chi connectivity index (χ0) is 9.80. The van der Waals surface area contributed by atoms with Crippen LogP contribution in [0.15, 0.2) is 12.7 Å². The van der Waals surface area contributed by atoms with E-state index >= 15 is 0 Å². The first-order valence-electron chi connectivity index (χ1n) is 5.33. The van der Waals surface area contributed by atoms with Crippen molar-refractivity contribution in [2.75, 3.05) is 6.61 Å². The van der Waals surface area contributed by atoms with Crippen LogP contribution >= 0.6 is 0 Å². The molecule has 0 saturated heterocycles. The van der Waals surface area contributed by atoms with Gasteiger partial charge in [-0.05, 0) is 24.7 Å². The Morgan fingerprint density at radius 2 is 1.79 bits per heavy atom. The molecular formula is C10H17N3O. The van der Waals surface area contributed by atoms with Gasteiger partial charge in [0.1, 0.15) is 12.7 Å². The van der Waals surface area contributed by atoms with Crippen molar-refractivity contribution >= 4 is 0 Å². The SMILES string of the molecule is OCC1CCCCC1Cn1cnnc1. The molecule has 14 heavy (non-hydrogen) atoms. The van der Waals surface area contributed by atoms with Gasteiger partial charge in [-0.1, -0.05) is 12.8 Å². The van der Waals surface area contributed by atoms with Crippen LogP contribution in [0.4, 0.5) is 0 Å². The summed E-state index contributed by atoms with van der Waals surface area (Å²) in [5.74, 6) is 1.08. The van der Waals surface area contributed by atoms with Crippen molar-refractivity contribution in [1.82, 2.24) is 14.8 Å². The van der Waals surface area contributed by atoms with Crippen LogP contribution in [-0.4, -0.2) is 26.5 Å². The van der Waals surface area contributed by atoms with Gasteiger partial charge >= 0.3 is 0 Å². The van der Waals surface area contributed by atoms with Gasteiger partial charge in [0.15, 0.2) is 0 Å². The predicted molar refractivity (Wildman–Crippen MR) is 52.6 cm³/mol. The van der Waals surface area contributed by atoms with Gasteiger partial charge in [-0.15, -0.1) is 10.2 Å². The third-order valence-corrected chi connectivity index (χ3v) is 3.21. The van der Waals surface area contributed by atoms with Crippen LogP contribution < -0.4 is 0 Å². The first-order chi connectivity index (χ1) is 6.90. The molecule has 1 heterocycles. The van der Waals surface area contributed by atoms with E-state index in [0.29, 0.717) is 18.4 Å². The van der Waals surface area contributed by atoms with E-state index in [2.05, 4.69) is 10.2 Å². The highest BCUT2D eigenvalue weighted by molar-refractivity contribution is 4.76. The van der Waals surface area contributed by atoms with Crippen LogP contribution in [0, 0.1) is 11.8 Å². The summed E-state index contributed by atoms with van der Waals surface area (Å²) in [7, 11) is 0. The molecule has 1 aromatic heterocycles. The molecule has 0 bridgehead atoms. The molecule has 0 spiro atoms. The fourth-order valence-corrected chi connectivity index (χ4v) is 2.35. The Bertz CT molecular complexity index is 260. The summed E-state index contributed by atoms with van der Waals surface area (Å²) >= 11 is 0. The summed E-state index contributed by atoms with van der Waals surface area (Å²) in [5.41, 5.74) is 0. The molecule has 1 N–H and O–H groups in total. The third kappa shape index (κ3) is 2.12. The van der Waals surface area contributed by atoms with E-state index in [1.165, 1.54) is 25.7 Å². The average Bonchev–Trinajstić information content (AvgIpc) is 2.71. The summed E-state index contributed by atoms with van der Waals surface area (Å²) < 4.78 is 2.01. The highest BCUT2D eigenvalue weighted by Crippen LogP contribution is 2.30. The standard InChI is InChI=1S/C10H17N3O/c14-6-10-4-2-1-3-9(10)5-13-7-11-12-8-13/h7-10,14H,1-6H2. The number of nitrogens with zero attached hydrogens (tertiary/aromatic N) is 3. The van der Waals surface area contributed by atoms with Gasteiger partial charge in [0, 0.05) is 13.2 Å². The lowest BCUT2D eigenvalue weighted by molar-refractivity contribution is 0.123. The van der Waals surface area contributed by atoms with Crippen molar-refractivity contribution in [2.24, 2.45) is 11.8 Å². The fourth-order valence-electron chi connectivity index (χ4n) is 2.35. The zero-order valence-corrected chi connectivity index (χ0v) is 8.34. The van der Waals surface area contributed by atoms with Crippen molar-refractivity contribution < 1.29 is 5.11 Å². The van der Waals surface area contributed by atoms with Crippen molar-refractivity contribution in [1.29, 1.82) is 0 Å². The number of hydrogen-bond acceptors (Lipinski definition) is 3. The second-order valence-corrected chi connectivity index (χ2v) is 4.15. The Kier molecular flexibility index (Phi) is 3.14. The second-order valence-electron chi connectivity index (χ2n) is 4.15. The maximum Gasteiger partial charge on any atom is 0.119 e. The van der Waals surface area contributed by atoms with E-state index in [1.54, 1.807) is 12.7 Å². The van der Waals surface area contributed by atoms with Crippen LogP contribution in [0.5, 0.6) is 0 Å². The Labute approximate surface area is 84.0 Å². The number of rotatable bonds is 3. The lowest BCUT2D eigenvalue weighted by Gasteiger charge is -2.30. The van der Waals surface area contributed by atoms with E-state index in [1.807, 2.05) is 4.57 Å². The molecule has 0 aromatic carbocycles. The van der Waals surface area contributed by atoms with Crippen LogP contribution in [0.1, 0.15) is 25.7 Å². The first-order valence-corrected chi connectivity index (χ1v) is 5.33. The van der Waals surface area contributed by atoms with Gasteiger partial charge in [-0.3, -0.25) is 0 Å². The molecule has 1 aliphatic rings. The van der Waals surface area contributed by atoms with Gasteiger partial charge in [0.05, 0.1) is 0 Å².